The van der Waals surface area contributed by atoms with Gasteiger partial charge in [-0.2, -0.15) is 0 Å². The minimum atomic E-state index is -1.71. The number of amides is 1. The quantitative estimate of drug-likeness (QED) is 0.343. The molecule has 170 valence electrons. The molecule has 3 atom stereocenters. The highest BCUT2D eigenvalue weighted by Crippen LogP contribution is 2.38. The first-order valence-corrected chi connectivity index (χ1v) is 10.4. The lowest BCUT2D eigenvalue weighted by Crippen LogP contribution is -2.70. The van der Waals surface area contributed by atoms with Crippen molar-refractivity contribution in [1.29, 1.82) is 0 Å². The average Bonchev–Trinajstić information content (AvgIpc) is 2.72. The number of Topliss-reactive ketones (excluding diaryl/α,β-unsaturated/α-hetero) is 1. The summed E-state index contributed by atoms with van der Waals surface area (Å²) in [5.41, 5.74) is -0.951. The smallest absolute Gasteiger partial charge is 0.460 e. The Balaban J connectivity index is 2.15. The van der Waals surface area contributed by atoms with E-state index in [0.717, 1.165) is 5.56 Å². The largest absolute Gasteiger partial charge is 0.508 e. The second kappa shape index (κ2) is 10.4. The van der Waals surface area contributed by atoms with Crippen molar-refractivity contribution in [1.82, 2.24) is 5.32 Å². The van der Waals surface area contributed by atoms with Crippen molar-refractivity contribution in [2.75, 3.05) is 13.2 Å². The van der Waals surface area contributed by atoms with E-state index in [2.05, 4.69) is 5.32 Å². The lowest BCUT2D eigenvalue weighted by molar-refractivity contribution is -0.170. The van der Waals surface area contributed by atoms with Crippen LogP contribution in [0.3, 0.4) is 0 Å². The number of nitrogens with one attached hydrogen (secondary N) is 1. The number of ketones is 1. The summed E-state index contributed by atoms with van der Waals surface area (Å²) in [4.78, 5) is 50.0. The molecule has 3 unspecified atom stereocenters. The molecule has 8 nitrogen and oxygen atoms in total. The number of β-lactam (4-membered cyclic amide) rings is 1. The fourth-order valence-corrected chi connectivity index (χ4v) is 3.42. The molecule has 1 aromatic carbocycles. The zero-order valence-corrected chi connectivity index (χ0v) is 18.7. The Labute approximate surface area is 182 Å². The maximum atomic E-state index is 13.1. The second-order valence-corrected chi connectivity index (χ2v) is 8.69. The monoisotopic (exact) mass is 433 g/mol. The Morgan fingerprint density at radius 3 is 2.23 bits per heavy atom. The molecule has 0 bridgehead atoms. The molecule has 1 amide bonds. The molecule has 1 aliphatic heterocycles. The first-order valence-electron chi connectivity index (χ1n) is 10.4. The zero-order valence-electron chi connectivity index (χ0n) is 18.7. The Bertz CT molecular complexity index is 805. The normalized spacial score (nSPS) is 19.8. The standard InChI is InChI=1S/C23H31NO7/c1-14(2)11-30-22(28)31-13-17(25)23(5,19-18(15(3)4)20(26)24-19)21(27)29-12-16-9-7-6-8-10-16/h6-10,14-15,18-19H,11-13H2,1-5H3,(H,24,26). The molecule has 1 saturated heterocycles. The number of esters is 1. The molecule has 1 heterocycles. The van der Waals surface area contributed by atoms with Gasteiger partial charge in [-0.15, -0.1) is 0 Å². The first kappa shape index (κ1) is 24.4. The lowest BCUT2D eigenvalue weighted by atomic mass is 9.65. The predicted octanol–water partition coefficient (Wildman–Crippen LogP) is 2.89. The first-order chi connectivity index (χ1) is 14.6. The summed E-state index contributed by atoms with van der Waals surface area (Å²) < 4.78 is 15.3. The van der Waals surface area contributed by atoms with Crippen molar-refractivity contribution < 1.29 is 33.4 Å². The number of ether oxygens (including phenoxy) is 3. The van der Waals surface area contributed by atoms with E-state index in [9.17, 15) is 19.2 Å². The molecule has 0 saturated carbocycles. The van der Waals surface area contributed by atoms with E-state index in [-0.39, 0.29) is 31.0 Å². The fraction of sp³-hybridized carbons (Fsp3) is 0.565. The van der Waals surface area contributed by atoms with Crippen LogP contribution in [0.25, 0.3) is 0 Å². The van der Waals surface area contributed by atoms with Crippen molar-refractivity contribution in [3.8, 4) is 0 Å². The number of hydrogen-bond acceptors (Lipinski definition) is 7. The summed E-state index contributed by atoms with van der Waals surface area (Å²) in [5.74, 6) is -2.19. The third-order valence-corrected chi connectivity index (χ3v) is 5.37. The van der Waals surface area contributed by atoms with E-state index < -0.39 is 41.9 Å². The van der Waals surface area contributed by atoms with Crippen LogP contribution in [0.15, 0.2) is 30.3 Å². The molecular formula is C23H31NO7. The summed E-state index contributed by atoms with van der Waals surface area (Å²) >= 11 is 0. The highest BCUT2D eigenvalue weighted by Gasteiger charge is 2.59. The summed E-state index contributed by atoms with van der Waals surface area (Å²) in [5, 5.41) is 2.67. The van der Waals surface area contributed by atoms with Gasteiger partial charge in [0, 0.05) is 0 Å². The van der Waals surface area contributed by atoms with Crippen LogP contribution in [-0.4, -0.2) is 43.1 Å². The van der Waals surface area contributed by atoms with Gasteiger partial charge >= 0.3 is 12.1 Å². The average molecular weight is 434 g/mol. The Hall–Kier alpha value is -2.90. The second-order valence-electron chi connectivity index (χ2n) is 8.69. The van der Waals surface area contributed by atoms with Crippen LogP contribution >= 0.6 is 0 Å². The van der Waals surface area contributed by atoms with Gasteiger partial charge in [0.25, 0.3) is 0 Å². The van der Waals surface area contributed by atoms with Crippen LogP contribution in [0.4, 0.5) is 4.79 Å². The van der Waals surface area contributed by atoms with E-state index in [1.807, 2.05) is 45.9 Å². The Morgan fingerprint density at radius 2 is 1.68 bits per heavy atom. The van der Waals surface area contributed by atoms with Gasteiger partial charge < -0.3 is 19.5 Å². The van der Waals surface area contributed by atoms with Crippen molar-refractivity contribution in [2.45, 2.75) is 47.3 Å². The van der Waals surface area contributed by atoms with Gasteiger partial charge in [0.05, 0.1) is 18.6 Å². The molecule has 1 N–H and O–H groups in total. The summed E-state index contributed by atoms with van der Waals surface area (Å²) in [7, 11) is 0. The van der Waals surface area contributed by atoms with Crippen LogP contribution in [0.2, 0.25) is 0 Å². The molecule has 0 aromatic heterocycles. The van der Waals surface area contributed by atoms with Crippen molar-refractivity contribution in [3.05, 3.63) is 35.9 Å². The highest BCUT2D eigenvalue weighted by molar-refractivity contribution is 6.07. The van der Waals surface area contributed by atoms with E-state index in [1.54, 1.807) is 12.1 Å². The molecule has 2 rings (SSSR count). The molecule has 0 spiro atoms. The van der Waals surface area contributed by atoms with E-state index in [0.29, 0.717) is 0 Å². The highest BCUT2D eigenvalue weighted by atomic mass is 16.7. The SMILES string of the molecule is CC(C)COC(=O)OCC(=O)C(C)(C(=O)OCc1ccccc1)C1NC(=O)C1C(C)C. The molecule has 0 radical (unpaired) electrons. The van der Waals surface area contributed by atoms with Gasteiger partial charge in [-0.3, -0.25) is 14.4 Å². The predicted molar refractivity (Wildman–Crippen MR) is 112 cm³/mol. The van der Waals surface area contributed by atoms with Gasteiger partial charge in [0.15, 0.2) is 12.4 Å². The number of benzene rings is 1. The Morgan fingerprint density at radius 1 is 1.03 bits per heavy atom. The molecule has 0 aliphatic carbocycles. The van der Waals surface area contributed by atoms with Crippen LogP contribution in [-0.2, 0) is 35.2 Å². The lowest BCUT2D eigenvalue weighted by Gasteiger charge is -2.47. The number of rotatable bonds is 10. The number of carbonyl (C=O) groups excluding carboxylic acids is 4. The number of carbonyl (C=O) groups is 4. The Kier molecular flexibility index (Phi) is 8.19. The molecule has 1 aromatic rings. The number of hydrogen-bond donors (Lipinski definition) is 1. The topological polar surface area (TPSA) is 108 Å². The van der Waals surface area contributed by atoms with Gasteiger partial charge in [0.1, 0.15) is 12.0 Å². The van der Waals surface area contributed by atoms with E-state index >= 15 is 0 Å². The summed E-state index contributed by atoms with van der Waals surface area (Å²) in [6.07, 6.45) is -0.986. The van der Waals surface area contributed by atoms with Crippen molar-refractivity contribution in [2.24, 2.45) is 23.2 Å². The molecule has 31 heavy (non-hydrogen) atoms. The minimum Gasteiger partial charge on any atom is -0.460 e. The van der Waals surface area contributed by atoms with E-state index in [1.165, 1.54) is 6.92 Å². The molecule has 8 heteroatoms. The van der Waals surface area contributed by atoms with Crippen LogP contribution in [0.1, 0.15) is 40.2 Å². The van der Waals surface area contributed by atoms with Gasteiger partial charge in [-0.1, -0.05) is 58.0 Å². The van der Waals surface area contributed by atoms with Crippen molar-refractivity contribution >= 4 is 23.8 Å². The maximum Gasteiger partial charge on any atom is 0.508 e. The minimum absolute atomic E-state index is 0.0210. The summed E-state index contributed by atoms with van der Waals surface area (Å²) in [6.45, 7) is 8.31. The zero-order chi connectivity index (χ0) is 23.2. The van der Waals surface area contributed by atoms with Gasteiger partial charge in [-0.05, 0) is 24.3 Å². The summed E-state index contributed by atoms with van der Waals surface area (Å²) in [6, 6.07) is 8.29. The third-order valence-electron chi connectivity index (χ3n) is 5.37. The fourth-order valence-electron chi connectivity index (χ4n) is 3.42. The van der Waals surface area contributed by atoms with Gasteiger partial charge in [0.2, 0.25) is 5.91 Å². The molecule has 1 aliphatic rings. The molecule has 1 fully saturated rings. The third kappa shape index (κ3) is 5.83. The molecular weight excluding hydrogens is 402 g/mol. The van der Waals surface area contributed by atoms with Crippen molar-refractivity contribution in [3.63, 3.8) is 0 Å². The van der Waals surface area contributed by atoms with Gasteiger partial charge in [-0.25, -0.2) is 4.79 Å². The van der Waals surface area contributed by atoms with E-state index in [4.69, 9.17) is 14.2 Å². The maximum absolute atomic E-state index is 13.1. The van der Waals surface area contributed by atoms with Crippen LogP contribution in [0, 0.1) is 23.2 Å². The van der Waals surface area contributed by atoms with Crippen LogP contribution < -0.4 is 5.32 Å². The van der Waals surface area contributed by atoms with Crippen LogP contribution in [0.5, 0.6) is 0 Å².